The van der Waals surface area contributed by atoms with Crippen LogP contribution in [0.25, 0.3) is 0 Å². The summed E-state index contributed by atoms with van der Waals surface area (Å²) >= 11 is 4.91. The molecule has 1 fully saturated rings. The quantitative estimate of drug-likeness (QED) is 0.460. The molecule has 9 heteroatoms. The van der Waals surface area contributed by atoms with E-state index in [-0.39, 0.29) is 30.2 Å². The molecule has 1 heterocycles. The summed E-state index contributed by atoms with van der Waals surface area (Å²) in [6.45, 7) is 1.40. The van der Waals surface area contributed by atoms with Crippen molar-refractivity contribution in [1.82, 2.24) is 4.31 Å². The summed E-state index contributed by atoms with van der Waals surface area (Å²) < 4.78 is 38.2. The third-order valence-electron chi connectivity index (χ3n) is 4.28. The lowest BCUT2D eigenvalue weighted by Crippen LogP contribution is -2.40. The van der Waals surface area contributed by atoms with E-state index in [1.807, 2.05) is 30.5 Å². The Morgan fingerprint density at radius 2 is 1.86 bits per heavy atom. The Bertz CT molecular complexity index is 941. The van der Waals surface area contributed by atoms with Crippen LogP contribution in [-0.2, 0) is 26.1 Å². The first kappa shape index (κ1) is 21.3. The molecule has 0 aromatic heterocycles. The Morgan fingerprint density at radius 1 is 1.18 bits per heavy atom. The van der Waals surface area contributed by atoms with Crippen LogP contribution >= 0.6 is 27.7 Å². The molecule has 28 heavy (non-hydrogen) atoms. The van der Waals surface area contributed by atoms with Crippen LogP contribution in [-0.4, -0.2) is 51.3 Å². The van der Waals surface area contributed by atoms with E-state index in [2.05, 4.69) is 15.9 Å². The van der Waals surface area contributed by atoms with Crippen LogP contribution in [0.4, 0.5) is 0 Å². The van der Waals surface area contributed by atoms with E-state index < -0.39 is 16.0 Å². The minimum absolute atomic E-state index is 0.0492. The standard InChI is InChI=1S/C19H20BrNO5S2/c1-27-16-5-2-14(3-6-16)13-26-19(22)15-4-7-17(20)18(12-15)28(23,24)21-8-10-25-11-9-21/h2-7,12H,8-11,13H2,1H3. The molecule has 0 radical (unpaired) electrons. The lowest BCUT2D eigenvalue weighted by atomic mass is 10.2. The van der Waals surface area contributed by atoms with Gasteiger partial charge in [0.05, 0.1) is 23.7 Å². The van der Waals surface area contributed by atoms with Crippen molar-refractivity contribution in [3.63, 3.8) is 0 Å². The van der Waals surface area contributed by atoms with Crippen molar-refractivity contribution in [2.45, 2.75) is 16.4 Å². The fourth-order valence-electron chi connectivity index (χ4n) is 2.71. The van der Waals surface area contributed by atoms with Gasteiger partial charge in [0, 0.05) is 22.5 Å². The molecule has 150 valence electrons. The zero-order chi connectivity index (χ0) is 20.1. The van der Waals surface area contributed by atoms with E-state index >= 15 is 0 Å². The molecule has 1 aliphatic heterocycles. The first-order valence-corrected chi connectivity index (χ1v) is 12.0. The van der Waals surface area contributed by atoms with Crippen molar-refractivity contribution in [2.75, 3.05) is 32.6 Å². The molecular formula is C19H20BrNO5S2. The fraction of sp³-hybridized carbons (Fsp3) is 0.316. The molecule has 0 atom stereocenters. The summed E-state index contributed by atoms with van der Waals surface area (Å²) in [7, 11) is -3.73. The van der Waals surface area contributed by atoms with Gasteiger partial charge < -0.3 is 9.47 Å². The number of benzene rings is 2. The largest absolute Gasteiger partial charge is 0.457 e. The van der Waals surface area contributed by atoms with Crippen LogP contribution in [0.5, 0.6) is 0 Å². The average molecular weight is 486 g/mol. The number of nitrogens with zero attached hydrogens (tertiary/aromatic N) is 1. The number of carbonyl (C=O) groups is 1. The highest BCUT2D eigenvalue weighted by molar-refractivity contribution is 9.10. The highest BCUT2D eigenvalue weighted by Crippen LogP contribution is 2.27. The summed E-state index contributed by atoms with van der Waals surface area (Å²) in [6, 6.07) is 12.2. The van der Waals surface area contributed by atoms with Gasteiger partial charge in [-0.15, -0.1) is 11.8 Å². The third-order valence-corrected chi connectivity index (χ3v) is 7.92. The second-order valence-corrected chi connectivity index (χ2v) is 9.73. The Morgan fingerprint density at radius 3 is 2.50 bits per heavy atom. The zero-order valence-electron chi connectivity index (χ0n) is 15.3. The minimum Gasteiger partial charge on any atom is -0.457 e. The van der Waals surface area contributed by atoms with Gasteiger partial charge in [0.15, 0.2) is 0 Å². The maximum absolute atomic E-state index is 12.9. The Balaban J connectivity index is 1.75. The second kappa shape index (κ2) is 9.41. The smallest absolute Gasteiger partial charge is 0.338 e. The average Bonchev–Trinajstić information content (AvgIpc) is 2.73. The molecule has 1 aliphatic rings. The van der Waals surface area contributed by atoms with Crippen molar-refractivity contribution >= 4 is 43.7 Å². The maximum atomic E-state index is 12.9. The van der Waals surface area contributed by atoms with Gasteiger partial charge in [-0.25, -0.2) is 13.2 Å². The minimum atomic E-state index is -3.73. The molecule has 0 unspecified atom stereocenters. The van der Waals surface area contributed by atoms with E-state index in [1.54, 1.807) is 23.9 Å². The summed E-state index contributed by atoms with van der Waals surface area (Å²) in [5, 5.41) is 0. The maximum Gasteiger partial charge on any atom is 0.338 e. The third kappa shape index (κ3) is 4.96. The highest BCUT2D eigenvalue weighted by Gasteiger charge is 2.29. The molecule has 6 nitrogen and oxygen atoms in total. The Labute approximate surface area is 177 Å². The number of esters is 1. The number of carbonyl (C=O) groups excluding carboxylic acids is 1. The van der Waals surface area contributed by atoms with Gasteiger partial charge in [-0.2, -0.15) is 4.31 Å². The van der Waals surface area contributed by atoms with Crippen molar-refractivity contribution in [3.8, 4) is 0 Å². The predicted octanol–water partition coefficient (Wildman–Crippen LogP) is 3.55. The van der Waals surface area contributed by atoms with Gasteiger partial charge in [-0.1, -0.05) is 12.1 Å². The zero-order valence-corrected chi connectivity index (χ0v) is 18.5. The van der Waals surface area contributed by atoms with Crippen LogP contribution in [0.1, 0.15) is 15.9 Å². The summed E-state index contributed by atoms with van der Waals surface area (Å²) in [5.41, 5.74) is 1.06. The number of morpholine rings is 1. The molecular weight excluding hydrogens is 466 g/mol. The van der Waals surface area contributed by atoms with Crippen LogP contribution in [0.2, 0.25) is 0 Å². The van der Waals surface area contributed by atoms with Crippen molar-refractivity contribution in [3.05, 3.63) is 58.1 Å². The van der Waals surface area contributed by atoms with Gasteiger partial charge in [0.1, 0.15) is 6.61 Å². The molecule has 0 spiro atoms. The van der Waals surface area contributed by atoms with Crippen molar-refractivity contribution < 1.29 is 22.7 Å². The molecule has 1 saturated heterocycles. The molecule has 3 rings (SSSR count). The number of halogens is 1. The van der Waals surface area contributed by atoms with Crippen LogP contribution in [0.3, 0.4) is 0 Å². The Hall–Kier alpha value is -1.39. The van der Waals surface area contributed by atoms with Crippen LogP contribution in [0.15, 0.2) is 56.7 Å². The van der Waals surface area contributed by atoms with Gasteiger partial charge in [0.2, 0.25) is 10.0 Å². The molecule has 0 bridgehead atoms. The van der Waals surface area contributed by atoms with E-state index in [4.69, 9.17) is 9.47 Å². The van der Waals surface area contributed by atoms with Gasteiger partial charge in [0.25, 0.3) is 0 Å². The number of hydrogen-bond donors (Lipinski definition) is 0. The summed E-state index contributed by atoms with van der Waals surface area (Å²) in [6.07, 6.45) is 1.99. The van der Waals surface area contributed by atoms with Gasteiger partial charge in [-0.3, -0.25) is 0 Å². The monoisotopic (exact) mass is 485 g/mol. The summed E-state index contributed by atoms with van der Waals surface area (Å²) in [4.78, 5) is 13.6. The van der Waals surface area contributed by atoms with Crippen molar-refractivity contribution in [2.24, 2.45) is 0 Å². The van der Waals surface area contributed by atoms with Gasteiger partial charge >= 0.3 is 5.97 Å². The second-order valence-electron chi connectivity index (χ2n) is 6.09. The van der Waals surface area contributed by atoms with E-state index in [0.717, 1.165) is 10.5 Å². The van der Waals surface area contributed by atoms with E-state index in [9.17, 15) is 13.2 Å². The molecule has 2 aromatic carbocycles. The lowest BCUT2D eigenvalue weighted by Gasteiger charge is -2.26. The number of rotatable bonds is 6. The Kier molecular flexibility index (Phi) is 7.16. The molecule has 0 aliphatic carbocycles. The molecule has 0 N–H and O–H groups in total. The summed E-state index contributed by atoms with van der Waals surface area (Å²) in [5.74, 6) is -0.570. The number of ether oxygens (including phenoxy) is 2. The fourth-order valence-corrected chi connectivity index (χ4v) is 5.47. The molecule has 2 aromatic rings. The van der Waals surface area contributed by atoms with E-state index in [0.29, 0.717) is 17.7 Å². The SMILES string of the molecule is CSc1ccc(COC(=O)c2ccc(Br)c(S(=O)(=O)N3CCOCC3)c2)cc1. The normalized spacial score (nSPS) is 15.4. The highest BCUT2D eigenvalue weighted by atomic mass is 79.9. The topological polar surface area (TPSA) is 72.9 Å². The van der Waals surface area contributed by atoms with Crippen LogP contribution < -0.4 is 0 Å². The van der Waals surface area contributed by atoms with E-state index in [1.165, 1.54) is 10.4 Å². The van der Waals surface area contributed by atoms with Crippen LogP contribution in [0, 0.1) is 0 Å². The van der Waals surface area contributed by atoms with Gasteiger partial charge in [-0.05, 0) is 58.1 Å². The molecule has 0 saturated carbocycles. The predicted molar refractivity (Wildman–Crippen MR) is 111 cm³/mol. The number of sulfonamides is 1. The lowest BCUT2D eigenvalue weighted by molar-refractivity contribution is 0.0472. The number of hydrogen-bond acceptors (Lipinski definition) is 6. The number of thioether (sulfide) groups is 1. The molecule has 0 amide bonds. The van der Waals surface area contributed by atoms with Crippen molar-refractivity contribution in [1.29, 1.82) is 0 Å². The first-order chi connectivity index (χ1) is 13.4. The first-order valence-electron chi connectivity index (χ1n) is 8.59.